The second kappa shape index (κ2) is 3.80. The Kier molecular flexibility index (Phi) is 2.63. The van der Waals surface area contributed by atoms with Crippen molar-refractivity contribution in [3.05, 3.63) is 40.5 Å². The number of nitrogens with zero attached hydrogens (tertiary/aromatic N) is 1. The number of carbonyl (C=O) groups excluding carboxylic acids is 1. The SMILES string of the molecule is Cc1cnc2c(C(=O)Cl)c(Cl)ccc2c1. The van der Waals surface area contributed by atoms with E-state index in [-0.39, 0.29) is 5.56 Å². The lowest BCUT2D eigenvalue weighted by Gasteiger charge is -2.04. The summed E-state index contributed by atoms with van der Waals surface area (Å²) >= 11 is 11.4. The molecule has 0 radical (unpaired) electrons. The molecule has 2 aromatic rings. The van der Waals surface area contributed by atoms with E-state index in [1.807, 2.05) is 19.1 Å². The Morgan fingerprint density at radius 2 is 2.13 bits per heavy atom. The van der Waals surface area contributed by atoms with Gasteiger partial charge in [0.2, 0.25) is 0 Å². The third-order valence-corrected chi connectivity index (χ3v) is 2.64. The Labute approximate surface area is 96.8 Å². The first kappa shape index (κ1) is 10.4. The number of aryl methyl sites for hydroxylation is 1. The van der Waals surface area contributed by atoms with Crippen molar-refractivity contribution in [2.24, 2.45) is 0 Å². The molecular weight excluding hydrogens is 233 g/mol. The highest BCUT2D eigenvalue weighted by Crippen LogP contribution is 2.26. The summed E-state index contributed by atoms with van der Waals surface area (Å²) < 4.78 is 0. The van der Waals surface area contributed by atoms with Crippen LogP contribution in [0.4, 0.5) is 0 Å². The number of pyridine rings is 1. The zero-order valence-electron chi connectivity index (χ0n) is 7.92. The number of benzene rings is 1. The van der Waals surface area contributed by atoms with Crippen LogP contribution >= 0.6 is 23.2 Å². The molecule has 1 heterocycles. The van der Waals surface area contributed by atoms with Crippen LogP contribution in [0.3, 0.4) is 0 Å². The highest BCUT2D eigenvalue weighted by Gasteiger charge is 2.13. The van der Waals surface area contributed by atoms with E-state index in [4.69, 9.17) is 23.2 Å². The molecule has 0 saturated heterocycles. The Morgan fingerprint density at radius 3 is 2.80 bits per heavy atom. The third kappa shape index (κ3) is 1.83. The van der Waals surface area contributed by atoms with Crippen molar-refractivity contribution >= 4 is 39.3 Å². The molecule has 0 aliphatic rings. The molecule has 0 amide bonds. The summed E-state index contributed by atoms with van der Waals surface area (Å²) in [5.41, 5.74) is 1.85. The van der Waals surface area contributed by atoms with Crippen LogP contribution in [-0.2, 0) is 0 Å². The van der Waals surface area contributed by atoms with E-state index in [2.05, 4.69) is 4.98 Å². The van der Waals surface area contributed by atoms with Gasteiger partial charge in [0.25, 0.3) is 5.24 Å². The summed E-state index contributed by atoms with van der Waals surface area (Å²) in [4.78, 5) is 15.4. The molecule has 76 valence electrons. The van der Waals surface area contributed by atoms with Crippen LogP contribution in [0, 0.1) is 6.92 Å². The first-order valence-corrected chi connectivity index (χ1v) is 5.10. The fraction of sp³-hybridized carbons (Fsp3) is 0.0909. The zero-order chi connectivity index (χ0) is 11.0. The van der Waals surface area contributed by atoms with Gasteiger partial charge in [0.05, 0.1) is 16.1 Å². The molecule has 0 fully saturated rings. The Morgan fingerprint density at radius 1 is 1.40 bits per heavy atom. The number of hydrogen-bond acceptors (Lipinski definition) is 2. The van der Waals surface area contributed by atoms with Crippen molar-refractivity contribution in [2.75, 3.05) is 0 Å². The molecule has 2 rings (SSSR count). The monoisotopic (exact) mass is 239 g/mol. The van der Waals surface area contributed by atoms with E-state index >= 15 is 0 Å². The van der Waals surface area contributed by atoms with Gasteiger partial charge in [-0.05, 0) is 36.2 Å². The summed E-state index contributed by atoms with van der Waals surface area (Å²) in [5.74, 6) is 0. The lowest BCUT2D eigenvalue weighted by Crippen LogP contribution is -1.95. The molecule has 0 aliphatic carbocycles. The molecule has 0 spiro atoms. The van der Waals surface area contributed by atoms with Gasteiger partial charge in [-0.3, -0.25) is 9.78 Å². The van der Waals surface area contributed by atoms with Gasteiger partial charge in [-0.25, -0.2) is 0 Å². The molecule has 0 bridgehead atoms. The highest BCUT2D eigenvalue weighted by molar-refractivity contribution is 6.69. The molecule has 0 atom stereocenters. The smallest absolute Gasteiger partial charge is 0.256 e. The van der Waals surface area contributed by atoms with Gasteiger partial charge in [0.15, 0.2) is 0 Å². The largest absolute Gasteiger partial charge is 0.275 e. The fourth-order valence-corrected chi connectivity index (χ4v) is 1.95. The van der Waals surface area contributed by atoms with Crippen LogP contribution in [0.5, 0.6) is 0 Å². The molecule has 1 aromatic heterocycles. The molecule has 2 nitrogen and oxygen atoms in total. The molecule has 0 unspecified atom stereocenters. The first-order chi connectivity index (χ1) is 7.09. The van der Waals surface area contributed by atoms with Gasteiger partial charge in [0.1, 0.15) is 0 Å². The van der Waals surface area contributed by atoms with Crippen LogP contribution < -0.4 is 0 Å². The summed E-state index contributed by atoms with van der Waals surface area (Å²) in [6, 6.07) is 5.41. The maximum Gasteiger partial charge on any atom is 0.256 e. The number of carbonyl (C=O) groups is 1. The van der Waals surface area contributed by atoms with Crippen molar-refractivity contribution in [1.29, 1.82) is 0 Å². The number of rotatable bonds is 1. The van der Waals surface area contributed by atoms with Crippen LogP contribution in [0.15, 0.2) is 24.4 Å². The molecule has 4 heteroatoms. The maximum absolute atomic E-state index is 11.2. The zero-order valence-corrected chi connectivity index (χ0v) is 9.43. The van der Waals surface area contributed by atoms with Crippen molar-refractivity contribution < 1.29 is 4.79 Å². The van der Waals surface area contributed by atoms with Crippen LogP contribution in [-0.4, -0.2) is 10.2 Å². The lowest BCUT2D eigenvalue weighted by atomic mass is 10.1. The van der Waals surface area contributed by atoms with Crippen LogP contribution in [0.1, 0.15) is 15.9 Å². The minimum Gasteiger partial charge on any atom is -0.275 e. The number of hydrogen-bond donors (Lipinski definition) is 0. The summed E-state index contributed by atoms with van der Waals surface area (Å²) in [5, 5.41) is 0.615. The van der Waals surface area contributed by atoms with Crippen molar-refractivity contribution in [2.45, 2.75) is 6.92 Å². The third-order valence-electron chi connectivity index (χ3n) is 2.14. The summed E-state index contributed by atoms with van der Waals surface area (Å²) in [6.45, 7) is 1.93. The fourth-order valence-electron chi connectivity index (χ4n) is 1.47. The number of aromatic nitrogens is 1. The van der Waals surface area contributed by atoms with Gasteiger partial charge in [0, 0.05) is 11.6 Å². The Bertz CT molecular complexity index is 552. The summed E-state index contributed by atoms with van der Waals surface area (Å²) in [7, 11) is 0. The van der Waals surface area contributed by atoms with Crippen molar-refractivity contribution in [3.8, 4) is 0 Å². The van der Waals surface area contributed by atoms with E-state index in [1.54, 1.807) is 12.3 Å². The van der Waals surface area contributed by atoms with Gasteiger partial charge in [-0.2, -0.15) is 0 Å². The van der Waals surface area contributed by atoms with Crippen LogP contribution in [0.25, 0.3) is 10.9 Å². The molecule has 1 aromatic carbocycles. The molecule has 0 aliphatic heterocycles. The standard InChI is InChI=1S/C11H7Cl2NO/c1-6-4-7-2-3-8(12)9(11(13)15)10(7)14-5-6/h2-5H,1H3. The summed E-state index contributed by atoms with van der Waals surface area (Å²) in [6.07, 6.45) is 1.68. The average Bonchev–Trinajstić information content (AvgIpc) is 2.17. The predicted molar refractivity (Wildman–Crippen MR) is 61.7 cm³/mol. The Hall–Kier alpha value is -1.12. The van der Waals surface area contributed by atoms with E-state index in [0.29, 0.717) is 10.5 Å². The van der Waals surface area contributed by atoms with Gasteiger partial charge in [-0.1, -0.05) is 17.7 Å². The first-order valence-electron chi connectivity index (χ1n) is 4.34. The van der Waals surface area contributed by atoms with E-state index in [0.717, 1.165) is 10.9 Å². The normalized spacial score (nSPS) is 10.6. The molecule has 15 heavy (non-hydrogen) atoms. The minimum absolute atomic E-state index is 0.274. The second-order valence-corrected chi connectivity index (χ2v) is 4.03. The Balaban J connectivity index is 2.88. The van der Waals surface area contributed by atoms with Gasteiger partial charge < -0.3 is 0 Å². The quantitative estimate of drug-likeness (QED) is 0.713. The molecule has 0 N–H and O–H groups in total. The molecule has 0 saturated carbocycles. The van der Waals surface area contributed by atoms with Crippen molar-refractivity contribution in [3.63, 3.8) is 0 Å². The van der Waals surface area contributed by atoms with E-state index in [9.17, 15) is 4.79 Å². The number of halogens is 2. The van der Waals surface area contributed by atoms with Crippen molar-refractivity contribution in [1.82, 2.24) is 4.98 Å². The predicted octanol–water partition coefficient (Wildman–Crippen LogP) is 3.58. The number of fused-ring (bicyclic) bond motifs is 1. The van der Waals surface area contributed by atoms with E-state index < -0.39 is 5.24 Å². The lowest BCUT2D eigenvalue weighted by molar-refractivity contribution is 0.108. The topological polar surface area (TPSA) is 30.0 Å². The van der Waals surface area contributed by atoms with Crippen LogP contribution in [0.2, 0.25) is 5.02 Å². The maximum atomic E-state index is 11.2. The minimum atomic E-state index is -0.582. The van der Waals surface area contributed by atoms with Gasteiger partial charge >= 0.3 is 0 Å². The molecular formula is C11H7Cl2NO. The average molecular weight is 240 g/mol. The van der Waals surface area contributed by atoms with Gasteiger partial charge in [-0.15, -0.1) is 0 Å². The highest BCUT2D eigenvalue weighted by atomic mass is 35.5. The van der Waals surface area contributed by atoms with E-state index in [1.165, 1.54) is 0 Å². The second-order valence-electron chi connectivity index (χ2n) is 3.28.